The molecule has 1 aliphatic rings. The van der Waals surface area contributed by atoms with E-state index in [0.29, 0.717) is 4.47 Å². The summed E-state index contributed by atoms with van der Waals surface area (Å²) in [6.45, 7) is 3.10. The number of hydrogen-bond acceptors (Lipinski definition) is 1. The zero-order chi connectivity index (χ0) is 15.5. The van der Waals surface area contributed by atoms with Gasteiger partial charge in [-0.15, -0.1) is 0 Å². The predicted octanol–water partition coefficient (Wildman–Crippen LogP) is 6.10. The molecule has 0 bridgehead atoms. The molecule has 2 unspecified atom stereocenters. The van der Waals surface area contributed by atoms with Gasteiger partial charge in [0.1, 0.15) is 0 Å². The second-order valence-electron chi connectivity index (χ2n) is 6.05. The summed E-state index contributed by atoms with van der Waals surface area (Å²) in [5, 5.41) is 3.24. The number of halogens is 4. The van der Waals surface area contributed by atoms with Gasteiger partial charge >= 0.3 is 6.18 Å². The van der Waals surface area contributed by atoms with Gasteiger partial charge in [0.15, 0.2) is 0 Å². The van der Waals surface area contributed by atoms with Crippen LogP contribution >= 0.6 is 15.9 Å². The Morgan fingerprint density at radius 1 is 1.29 bits per heavy atom. The van der Waals surface area contributed by atoms with Gasteiger partial charge < -0.3 is 5.32 Å². The van der Waals surface area contributed by atoms with Crippen molar-refractivity contribution in [1.29, 1.82) is 0 Å². The van der Waals surface area contributed by atoms with Crippen LogP contribution in [0.4, 0.5) is 18.9 Å². The molecule has 118 valence electrons. The van der Waals surface area contributed by atoms with Crippen LogP contribution in [0.25, 0.3) is 0 Å². The Morgan fingerprint density at radius 2 is 2.05 bits per heavy atom. The largest absolute Gasteiger partial charge is 0.416 e. The summed E-state index contributed by atoms with van der Waals surface area (Å²) in [4.78, 5) is 0. The molecule has 1 nitrogen and oxygen atoms in total. The van der Waals surface area contributed by atoms with Gasteiger partial charge in [-0.1, -0.05) is 26.2 Å². The molecule has 1 saturated carbocycles. The molecular weight excluding hydrogens is 343 g/mol. The highest BCUT2D eigenvalue weighted by molar-refractivity contribution is 9.10. The number of hydrogen-bond donors (Lipinski definition) is 1. The summed E-state index contributed by atoms with van der Waals surface area (Å²) in [6, 6.07) is 3.75. The Bertz CT molecular complexity index is 473. The van der Waals surface area contributed by atoms with Crippen LogP contribution in [-0.2, 0) is 6.18 Å². The van der Waals surface area contributed by atoms with Crippen LogP contribution in [0.1, 0.15) is 44.6 Å². The Morgan fingerprint density at radius 3 is 2.67 bits per heavy atom. The molecule has 0 amide bonds. The van der Waals surface area contributed by atoms with Gasteiger partial charge in [-0.3, -0.25) is 0 Å². The van der Waals surface area contributed by atoms with E-state index in [1.54, 1.807) is 0 Å². The lowest BCUT2D eigenvalue weighted by molar-refractivity contribution is -0.137. The first kappa shape index (κ1) is 16.7. The second-order valence-corrected chi connectivity index (χ2v) is 6.90. The van der Waals surface area contributed by atoms with Gasteiger partial charge in [-0.25, -0.2) is 0 Å². The minimum absolute atomic E-state index is 0.467. The molecule has 1 N–H and O–H groups in total. The fourth-order valence-electron chi connectivity index (χ4n) is 3.07. The Labute approximate surface area is 132 Å². The van der Waals surface area contributed by atoms with Crippen LogP contribution in [0.5, 0.6) is 0 Å². The Kier molecular flexibility index (Phi) is 5.58. The molecule has 0 heterocycles. The summed E-state index contributed by atoms with van der Waals surface area (Å²) < 4.78 is 38.2. The monoisotopic (exact) mass is 363 g/mol. The van der Waals surface area contributed by atoms with E-state index in [0.717, 1.165) is 42.6 Å². The molecule has 1 fully saturated rings. The maximum atomic E-state index is 12.6. The smallest absolute Gasteiger partial charge is 0.384 e. The SMILES string of the molecule is CC1CCCC(CCNc2ccc(C(F)(F)F)cc2Br)C1. The van der Waals surface area contributed by atoms with Gasteiger partial charge in [0.2, 0.25) is 0 Å². The van der Waals surface area contributed by atoms with Crippen molar-refractivity contribution < 1.29 is 13.2 Å². The predicted molar refractivity (Wildman–Crippen MR) is 83.4 cm³/mol. The van der Waals surface area contributed by atoms with Crippen molar-refractivity contribution in [1.82, 2.24) is 0 Å². The number of anilines is 1. The number of alkyl halides is 3. The van der Waals surface area contributed by atoms with Crippen molar-refractivity contribution >= 4 is 21.6 Å². The van der Waals surface area contributed by atoms with Crippen LogP contribution in [0.3, 0.4) is 0 Å². The maximum Gasteiger partial charge on any atom is 0.416 e. The van der Waals surface area contributed by atoms with E-state index in [-0.39, 0.29) is 0 Å². The van der Waals surface area contributed by atoms with Crippen molar-refractivity contribution in [3.8, 4) is 0 Å². The Hall–Kier alpha value is -0.710. The van der Waals surface area contributed by atoms with E-state index < -0.39 is 11.7 Å². The van der Waals surface area contributed by atoms with Gasteiger partial charge in [0, 0.05) is 16.7 Å². The topological polar surface area (TPSA) is 12.0 Å². The first-order valence-electron chi connectivity index (χ1n) is 7.47. The first-order chi connectivity index (χ1) is 9.86. The van der Waals surface area contributed by atoms with Crippen molar-refractivity contribution in [2.75, 3.05) is 11.9 Å². The van der Waals surface area contributed by atoms with Gasteiger partial charge in [0.25, 0.3) is 0 Å². The van der Waals surface area contributed by atoms with Crippen molar-refractivity contribution in [2.24, 2.45) is 11.8 Å². The molecule has 0 spiro atoms. The highest BCUT2D eigenvalue weighted by atomic mass is 79.9. The zero-order valence-electron chi connectivity index (χ0n) is 12.1. The molecule has 1 aliphatic carbocycles. The van der Waals surface area contributed by atoms with E-state index in [9.17, 15) is 13.2 Å². The summed E-state index contributed by atoms with van der Waals surface area (Å²) in [5.74, 6) is 1.55. The fourth-order valence-corrected chi connectivity index (χ4v) is 3.59. The Balaban J connectivity index is 1.86. The molecule has 0 saturated heterocycles. The molecular formula is C16H21BrF3N. The third-order valence-electron chi connectivity index (χ3n) is 4.21. The lowest BCUT2D eigenvalue weighted by atomic mass is 9.81. The highest BCUT2D eigenvalue weighted by Crippen LogP contribution is 2.34. The zero-order valence-corrected chi connectivity index (χ0v) is 13.7. The molecule has 21 heavy (non-hydrogen) atoms. The normalized spacial score (nSPS) is 23.1. The molecule has 2 atom stereocenters. The van der Waals surface area contributed by atoms with E-state index in [1.165, 1.54) is 31.7 Å². The third-order valence-corrected chi connectivity index (χ3v) is 4.87. The van der Waals surface area contributed by atoms with Crippen LogP contribution in [0, 0.1) is 11.8 Å². The lowest BCUT2D eigenvalue weighted by Crippen LogP contribution is -2.16. The van der Waals surface area contributed by atoms with Crippen molar-refractivity contribution in [3.63, 3.8) is 0 Å². The molecule has 2 rings (SSSR count). The number of nitrogens with one attached hydrogen (secondary N) is 1. The van der Waals surface area contributed by atoms with Crippen LogP contribution in [-0.4, -0.2) is 6.54 Å². The summed E-state index contributed by atoms with van der Waals surface area (Å²) in [7, 11) is 0. The quantitative estimate of drug-likeness (QED) is 0.681. The van der Waals surface area contributed by atoms with E-state index in [1.807, 2.05) is 0 Å². The summed E-state index contributed by atoms with van der Waals surface area (Å²) in [6.07, 6.45) is 1.97. The number of benzene rings is 1. The summed E-state index contributed by atoms with van der Waals surface area (Å²) >= 11 is 3.21. The van der Waals surface area contributed by atoms with Crippen molar-refractivity contribution in [3.05, 3.63) is 28.2 Å². The molecule has 1 aromatic carbocycles. The van der Waals surface area contributed by atoms with Crippen LogP contribution in [0.2, 0.25) is 0 Å². The molecule has 0 radical (unpaired) electrons. The van der Waals surface area contributed by atoms with E-state index in [4.69, 9.17) is 0 Å². The van der Waals surface area contributed by atoms with Crippen LogP contribution < -0.4 is 5.32 Å². The average Bonchev–Trinajstić information content (AvgIpc) is 2.39. The first-order valence-corrected chi connectivity index (χ1v) is 8.26. The number of rotatable bonds is 4. The van der Waals surface area contributed by atoms with Crippen molar-refractivity contribution in [2.45, 2.75) is 45.2 Å². The van der Waals surface area contributed by atoms with Gasteiger partial charge in [-0.2, -0.15) is 13.2 Å². The van der Waals surface area contributed by atoms with E-state index >= 15 is 0 Å². The van der Waals surface area contributed by atoms with E-state index in [2.05, 4.69) is 28.2 Å². The van der Waals surface area contributed by atoms with Gasteiger partial charge in [-0.05, 0) is 58.8 Å². The average molecular weight is 364 g/mol. The molecule has 1 aromatic rings. The maximum absolute atomic E-state index is 12.6. The summed E-state index contributed by atoms with van der Waals surface area (Å²) in [5.41, 5.74) is 0.105. The molecule has 5 heteroatoms. The van der Waals surface area contributed by atoms with Crippen LogP contribution in [0.15, 0.2) is 22.7 Å². The standard InChI is InChI=1S/C16H21BrF3N/c1-11-3-2-4-12(9-11)7-8-21-15-6-5-13(10-14(15)17)16(18,19)20/h5-6,10-12,21H,2-4,7-9H2,1H3. The van der Waals surface area contributed by atoms with Gasteiger partial charge in [0.05, 0.1) is 5.56 Å². The third kappa shape index (κ3) is 4.90. The molecule has 0 aromatic heterocycles. The lowest BCUT2D eigenvalue weighted by Gasteiger charge is -2.26. The molecule has 0 aliphatic heterocycles. The fraction of sp³-hybridized carbons (Fsp3) is 0.625. The second kappa shape index (κ2) is 7.03. The highest BCUT2D eigenvalue weighted by Gasteiger charge is 2.30. The minimum Gasteiger partial charge on any atom is -0.384 e. The minimum atomic E-state index is -4.29.